The molecule has 3 N–H and O–H groups in total. The van der Waals surface area contributed by atoms with Crippen molar-refractivity contribution < 1.29 is 13.2 Å². The Morgan fingerprint density at radius 3 is 2.40 bits per heavy atom. The molecule has 1 heterocycles. The molecule has 0 aliphatic heterocycles. The molecule has 0 radical (unpaired) electrons. The monoisotopic (exact) mass is 240 g/mol. The van der Waals surface area contributed by atoms with Crippen molar-refractivity contribution in [1.82, 2.24) is 9.36 Å². The second-order valence-electron chi connectivity index (χ2n) is 3.63. The molecule has 1 aromatic rings. The van der Waals surface area contributed by atoms with Gasteiger partial charge in [0.2, 0.25) is 11.0 Å². The molecule has 0 aromatic carbocycles. The van der Waals surface area contributed by atoms with Crippen LogP contribution >= 0.6 is 11.5 Å². The van der Waals surface area contributed by atoms with Crippen LogP contribution in [0.2, 0.25) is 0 Å². The fourth-order valence-corrected chi connectivity index (χ4v) is 1.50. The fraction of sp³-hybridized carbons (Fsp3) is 0.714. The van der Waals surface area contributed by atoms with Crippen LogP contribution in [0.4, 0.5) is 18.3 Å². The Kier molecular flexibility index (Phi) is 3.19. The topological polar surface area (TPSA) is 63.8 Å². The van der Waals surface area contributed by atoms with E-state index in [1.54, 1.807) is 13.8 Å². The Balaban J connectivity index is 2.78. The first-order chi connectivity index (χ1) is 6.74. The third-order valence-corrected chi connectivity index (χ3v) is 2.27. The molecule has 0 atom stereocenters. The number of nitrogens with zero attached hydrogens (tertiary/aromatic N) is 2. The molecule has 0 amide bonds. The first-order valence-electron chi connectivity index (χ1n) is 4.14. The smallest absolute Gasteiger partial charge is 0.354 e. The minimum atomic E-state index is -4.50. The van der Waals surface area contributed by atoms with Crippen molar-refractivity contribution in [3.63, 3.8) is 0 Å². The molecule has 0 aliphatic rings. The number of halogens is 3. The number of aromatic nitrogens is 2. The average molecular weight is 240 g/mol. The molecule has 15 heavy (non-hydrogen) atoms. The summed E-state index contributed by atoms with van der Waals surface area (Å²) >= 11 is 0.671. The highest BCUT2D eigenvalue weighted by atomic mass is 32.1. The molecule has 0 aliphatic carbocycles. The van der Waals surface area contributed by atoms with E-state index in [2.05, 4.69) is 14.7 Å². The van der Waals surface area contributed by atoms with Crippen molar-refractivity contribution in [3.05, 3.63) is 5.82 Å². The van der Waals surface area contributed by atoms with E-state index in [4.69, 9.17) is 5.73 Å². The van der Waals surface area contributed by atoms with Gasteiger partial charge in [0.1, 0.15) is 0 Å². The molecule has 0 saturated carbocycles. The Hall–Kier alpha value is -0.890. The van der Waals surface area contributed by atoms with Crippen molar-refractivity contribution >= 4 is 16.7 Å². The number of nitrogens with two attached hydrogens (primary N) is 1. The van der Waals surface area contributed by atoms with Gasteiger partial charge in [-0.2, -0.15) is 22.5 Å². The van der Waals surface area contributed by atoms with E-state index in [1.807, 2.05) is 0 Å². The number of rotatable bonds is 3. The van der Waals surface area contributed by atoms with Crippen LogP contribution in [0.25, 0.3) is 0 Å². The Bertz CT molecular complexity index is 333. The molecule has 4 nitrogen and oxygen atoms in total. The zero-order valence-electron chi connectivity index (χ0n) is 8.22. The fourth-order valence-electron chi connectivity index (χ4n) is 0.730. The van der Waals surface area contributed by atoms with Gasteiger partial charge in [-0.25, -0.2) is 0 Å². The molecule has 0 fully saturated rings. The predicted molar refractivity (Wildman–Crippen MR) is 51.7 cm³/mol. The molecule has 0 saturated heterocycles. The van der Waals surface area contributed by atoms with Gasteiger partial charge in [0.05, 0.1) is 0 Å². The van der Waals surface area contributed by atoms with E-state index in [-0.39, 0.29) is 11.7 Å². The average Bonchev–Trinajstić information content (AvgIpc) is 2.51. The highest BCUT2D eigenvalue weighted by Crippen LogP contribution is 2.29. The van der Waals surface area contributed by atoms with Gasteiger partial charge in [-0.1, -0.05) is 0 Å². The van der Waals surface area contributed by atoms with E-state index in [0.29, 0.717) is 11.5 Å². The molecule has 1 aromatic heterocycles. The summed E-state index contributed by atoms with van der Waals surface area (Å²) in [7, 11) is 0. The lowest BCUT2D eigenvalue weighted by atomic mass is 10.1. The maximum atomic E-state index is 12.1. The largest absolute Gasteiger partial charge is 0.452 e. The van der Waals surface area contributed by atoms with Crippen LogP contribution in [0.5, 0.6) is 0 Å². The Labute approximate surface area is 88.9 Å². The first-order valence-corrected chi connectivity index (χ1v) is 4.91. The van der Waals surface area contributed by atoms with Crippen molar-refractivity contribution in [2.45, 2.75) is 25.6 Å². The number of hydrogen-bond acceptors (Lipinski definition) is 5. The normalized spacial score (nSPS) is 12.9. The van der Waals surface area contributed by atoms with Gasteiger partial charge in [-0.15, -0.1) is 0 Å². The van der Waals surface area contributed by atoms with Crippen LogP contribution in [0.3, 0.4) is 0 Å². The third-order valence-electron chi connectivity index (χ3n) is 1.64. The van der Waals surface area contributed by atoms with Gasteiger partial charge < -0.3 is 11.1 Å². The lowest BCUT2D eigenvalue weighted by molar-refractivity contribution is -0.144. The van der Waals surface area contributed by atoms with Crippen LogP contribution in [-0.4, -0.2) is 21.4 Å². The van der Waals surface area contributed by atoms with E-state index < -0.39 is 17.5 Å². The standard InChI is InChI=1S/C7H11F3N4S/c1-6(2,3-11)13-5-12-4(14-15-5)7(8,9)10/h3,11H2,1-2H3,(H,12,13,14). The van der Waals surface area contributed by atoms with E-state index in [0.717, 1.165) is 0 Å². The van der Waals surface area contributed by atoms with Crippen molar-refractivity contribution in [1.29, 1.82) is 0 Å². The second-order valence-corrected chi connectivity index (χ2v) is 4.39. The maximum Gasteiger partial charge on any atom is 0.452 e. The van der Waals surface area contributed by atoms with E-state index in [1.165, 1.54) is 0 Å². The molecule has 86 valence electrons. The quantitative estimate of drug-likeness (QED) is 0.844. The summed E-state index contributed by atoms with van der Waals surface area (Å²) in [6, 6.07) is 0. The third kappa shape index (κ3) is 3.31. The Morgan fingerprint density at radius 2 is 2.00 bits per heavy atom. The zero-order valence-corrected chi connectivity index (χ0v) is 9.04. The van der Waals surface area contributed by atoms with E-state index in [9.17, 15) is 13.2 Å². The predicted octanol–water partition coefficient (Wildman–Crippen LogP) is 1.71. The molecule has 8 heteroatoms. The molecule has 0 unspecified atom stereocenters. The van der Waals surface area contributed by atoms with Crippen molar-refractivity contribution in [2.75, 3.05) is 11.9 Å². The van der Waals surface area contributed by atoms with E-state index >= 15 is 0 Å². The van der Waals surface area contributed by atoms with Crippen LogP contribution in [-0.2, 0) is 6.18 Å². The highest BCUT2D eigenvalue weighted by Gasteiger charge is 2.36. The van der Waals surface area contributed by atoms with Crippen molar-refractivity contribution in [2.24, 2.45) is 5.73 Å². The van der Waals surface area contributed by atoms with Gasteiger partial charge in [-0.05, 0) is 13.8 Å². The number of anilines is 1. The highest BCUT2D eigenvalue weighted by molar-refractivity contribution is 7.09. The minimum absolute atomic E-state index is 0.123. The second kappa shape index (κ2) is 3.93. The number of nitrogens with one attached hydrogen (secondary N) is 1. The van der Waals surface area contributed by atoms with Gasteiger partial charge in [-0.3, -0.25) is 0 Å². The summed E-state index contributed by atoms with van der Waals surface area (Å²) in [5.74, 6) is -1.12. The first kappa shape index (κ1) is 12.2. The summed E-state index contributed by atoms with van der Waals surface area (Å²) in [4.78, 5) is 3.33. The van der Waals surface area contributed by atoms with Crippen LogP contribution in [0.15, 0.2) is 0 Å². The molecule has 0 bridgehead atoms. The summed E-state index contributed by atoms with van der Waals surface area (Å²) < 4.78 is 39.6. The Morgan fingerprint density at radius 1 is 1.40 bits per heavy atom. The summed E-state index contributed by atoms with van der Waals surface area (Å²) in [5, 5.41) is 2.90. The maximum absolute atomic E-state index is 12.1. The molecule has 1 rings (SSSR count). The SMILES string of the molecule is CC(C)(CN)Nc1nc(C(F)(F)F)ns1. The molecule has 0 spiro atoms. The zero-order chi connectivity index (χ0) is 11.7. The lowest BCUT2D eigenvalue weighted by Gasteiger charge is -2.23. The van der Waals surface area contributed by atoms with Crippen LogP contribution < -0.4 is 11.1 Å². The van der Waals surface area contributed by atoms with Gasteiger partial charge in [0.15, 0.2) is 0 Å². The van der Waals surface area contributed by atoms with Gasteiger partial charge >= 0.3 is 6.18 Å². The van der Waals surface area contributed by atoms with Crippen LogP contribution in [0, 0.1) is 0 Å². The minimum Gasteiger partial charge on any atom is -0.354 e. The molecular weight excluding hydrogens is 229 g/mol. The molecular formula is C7H11F3N4S. The number of alkyl halides is 3. The summed E-state index contributed by atoms with van der Waals surface area (Å²) in [6.07, 6.45) is -4.50. The number of hydrogen-bond donors (Lipinski definition) is 2. The van der Waals surface area contributed by atoms with Gasteiger partial charge in [0.25, 0.3) is 0 Å². The summed E-state index contributed by atoms with van der Waals surface area (Å²) in [5.41, 5.74) is 4.92. The van der Waals surface area contributed by atoms with Crippen molar-refractivity contribution in [3.8, 4) is 0 Å². The van der Waals surface area contributed by atoms with Gasteiger partial charge in [0, 0.05) is 23.6 Å². The summed E-state index contributed by atoms with van der Waals surface area (Å²) in [6.45, 7) is 3.82. The lowest BCUT2D eigenvalue weighted by Crippen LogP contribution is -2.39. The van der Waals surface area contributed by atoms with Crippen LogP contribution in [0.1, 0.15) is 19.7 Å².